The molecule has 130 valence electrons. The predicted molar refractivity (Wildman–Crippen MR) is 100 cm³/mol. The van der Waals surface area contributed by atoms with Crippen molar-refractivity contribution in [1.29, 1.82) is 0 Å². The number of benzene rings is 1. The van der Waals surface area contributed by atoms with E-state index < -0.39 is 0 Å². The maximum absolute atomic E-state index is 5.66. The van der Waals surface area contributed by atoms with Crippen LogP contribution in [0.4, 0.5) is 5.69 Å². The van der Waals surface area contributed by atoms with E-state index in [0.29, 0.717) is 0 Å². The summed E-state index contributed by atoms with van der Waals surface area (Å²) in [5, 5.41) is 4.41. The van der Waals surface area contributed by atoms with Crippen molar-refractivity contribution in [2.75, 3.05) is 24.6 Å². The molecule has 0 N–H and O–H groups in total. The van der Waals surface area contributed by atoms with Gasteiger partial charge in [0, 0.05) is 18.7 Å². The first-order chi connectivity index (χ1) is 12.2. The number of nitrogens with zero attached hydrogens (tertiary/aromatic N) is 4. The van der Waals surface area contributed by atoms with Gasteiger partial charge >= 0.3 is 0 Å². The zero-order valence-corrected chi connectivity index (χ0v) is 15.1. The molecular formula is C20H24N4O. The Morgan fingerprint density at radius 1 is 1.28 bits per heavy atom. The molecule has 0 unspecified atom stereocenters. The highest BCUT2D eigenvalue weighted by molar-refractivity contribution is 5.80. The average molecular weight is 336 g/mol. The minimum atomic E-state index is 0.256. The number of hydrogen-bond donors (Lipinski definition) is 0. The molecule has 2 aromatic heterocycles. The van der Waals surface area contributed by atoms with Crippen molar-refractivity contribution in [2.24, 2.45) is 0 Å². The lowest BCUT2D eigenvalue weighted by Gasteiger charge is -2.31. The van der Waals surface area contributed by atoms with Gasteiger partial charge < -0.3 is 9.64 Å². The summed E-state index contributed by atoms with van der Waals surface area (Å²) in [5.74, 6) is 0. The first-order valence-corrected chi connectivity index (χ1v) is 8.95. The summed E-state index contributed by atoms with van der Waals surface area (Å²) in [6, 6.07) is 8.79. The van der Waals surface area contributed by atoms with Crippen LogP contribution in [0.2, 0.25) is 0 Å². The largest absolute Gasteiger partial charge is 0.375 e. The van der Waals surface area contributed by atoms with Crippen LogP contribution in [0.25, 0.3) is 16.8 Å². The predicted octanol–water partition coefficient (Wildman–Crippen LogP) is 3.49. The number of ether oxygens (including phenoxy) is 1. The lowest BCUT2D eigenvalue weighted by Crippen LogP contribution is -2.40. The molecule has 0 radical (unpaired) electrons. The highest BCUT2D eigenvalue weighted by Gasteiger charge is 2.19. The normalized spacial score (nSPS) is 18.0. The molecule has 1 atom stereocenters. The molecule has 3 heterocycles. The van der Waals surface area contributed by atoms with Crippen LogP contribution in [0.5, 0.6) is 0 Å². The van der Waals surface area contributed by atoms with E-state index in [1.165, 1.54) is 16.8 Å². The van der Waals surface area contributed by atoms with Gasteiger partial charge in [0.25, 0.3) is 0 Å². The molecule has 0 spiro atoms. The van der Waals surface area contributed by atoms with Crippen LogP contribution < -0.4 is 4.90 Å². The standard InChI is InChI=1S/C20H24N4O/c1-4-16-5-6-17(9-14(16)2)20-19-10-18(12-24(19)22-13-21-20)23-7-8-25-15(3)11-23/h5-6,9-10,12-13,15H,4,7-8,11H2,1-3H3/t15-/m1/s1. The number of hydrogen-bond acceptors (Lipinski definition) is 4. The molecule has 0 aliphatic carbocycles. The lowest BCUT2D eigenvalue weighted by molar-refractivity contribution is 0.0532. The topological polar surface area (TPSA) is 42.7 Å². The fourth-order valence-electron chi connectivity index (χ4n) is 3.60. The molecule has 4 rings (SSSR count). The maximum atomic E-state index is 5.66. The van der Waals surface area contributed by atoms with Gasteiger partial charge in [0.1, 0.15) is 6.33 Å². The van der Waals surface area contributed by atoms with Gasteiger partial charge in [0.15, 0.2) is 0 Å². The third kappa shape index (κ3) is 3.00. The van der Waals surface area contributed by atoms with Gasteiger partial charge in [-0.3, -0.25) is 0 Å². The second-order valence-corrected chi connectivity index (χ2v) is 6.76. The molecule has 0 saturated carbocycles. The van der Waals surface area contributed by atoms with Crippen molar-refractivity contribution in [3.63, 3.8) is 0 Å². The summed E-state index contributed by atoms with van der Waals surface area (Å²) < 4.78 is 7.59. The highest BCUT2D eigenvalue weighted by atomic mass is 16.5. The smallest absolute Gasteiger partial charge is 0.137 e. The van der Waals surface area contributed by atoms with Gasteiger partial charge in [-0.05, 0) is 43.5 Å². The van der Waals surface area contributed by atoms with Crippen LogP contribution in [0.1, 0.15) is 25.0 Å². The molecule has 0 bridgehead atoms. The third-order valence-electron chi connectivity index (χ3n) is 4.99. The second-order valence-electron chi connectivity index (χ2n) is 6.76. The molecule has 5 heteroatoms. The summed E-state index contributed by atoms with van der Waals surface area (Å²) in [4.78, 5) is 6.93. The van der Waals surface area contributed by atoms with E-state index in [-0.39, 0.29) is 6.10 Å². The van der Waals surface area contributed by atoms with E-state index in [2.05, 4.69) is 66.2 Å². The monoisotopic (exact) mass is 336 g/mol. The Morgan fingerprint density at radius 3 is 2.92 bits per heavy atom. The SMILES string of the molecule is CCc1ccc(-c2ncnn3cc(N4CCO[C@H](C)C4)cc23)cc1C. The molecular weight excluding hydrogens is 312 g/mol. The van der Waals surface area contributed by atoms with Crippen molar-refractivity contribution in [2.45, 2.75) is 33.3 Å². The minimum Gasteiger partial charge on any atom is -0.375 e. The van der Waals surface area contributed by atoms with Crippen LogP contribution in [0.15, 0.2) is 36.8 Å². The molecule has 3 aromatic rings. The van der Waals surface area contributed by atoms with Gasteiger partial charge in [-0.2, -0.15) is 5.10 Å². The van der Waals surface area contributed by atoms with Crippen molar-refractivity contribution >= 4 is 11.2 Å². The Morgan fingerprint density at radius 2 is 2.16 bits per heavy atom. The van der Waals surface area contributed by atoms with Gasteiger partial charge in [-0.15, -0.1) is 0 Å². The van der Waals surface area contributed by atoms with Crippen LogP contribution >= 0.6 is 0 Å². The number of fused-ring (bicyclic) bond motifs is 1. The summed E-state index contributed by atoms with van der Waals surface area (Å²) in [6.07, 6.45) is 5.03. The van der Waals surface area contributed by atoms with Crippen molar-refractivity contribution in [1.82, 2.24) is 14.6 Å². The summed E-state index contributed by atoms with van der Waals surface area (Å²) in [6.45, 7) is 9.06. The molecule has 25 heavy (non-hydrogen) atoms. The fourth-order valence-corrected chi connectivity index (χ4v) is 3.60. The van der Waals surface area contributed by atoms with Crippen LogP contribution in [0.3, 0.4) is 0 Å². The van der Waals surface area contributed by atoms with E-state index in [1.807, 2.05) is 4.52 Å². The maximum Gasteiger partial charge on any atom is 0.137 e. The van der Waals surface area contributed by atoms with E-state index in [1.54, 1.807) is 6.33 Å². The van der Waals surface area contributed by atoms with Crippen LogP contribution in [0, 0.1) is 6.92 Å². The molecule has 1 saturated heterocycles. The highest BCUT2D eigenvalue weighted by Crippen LogP contribution is 2.28. The van der Waals surface area contributed by atoms with Gasteiger partial charge in [0.2, 0.25) is 0 Å². The van der Waals surface area contributed by atoms with E-state index in [0.717, 1.165) is 42.9 Å². The lowest BCUT2D eigenvalue weighted by atomic mass is 10.0. The van der Waals surface area contributed by atoms with Crippen molar-refractivity contribution in [3.05, 3.63) is 47.9 Å². The summed E-state index contributed by atoms with van der Waals surface area (Å²) in [7, 11) is 0. The van der Waals surface area contributed by atoms with Crippen molar-refractivity contribution < 1.29 is 4.74 Å². The first-order valence-electron chi connectivity index (χ1n) is 8.95. The van der Waals surface area contributed by atoms with E-state index >= 15 is 0 Å². The zero-order valence-electron chi connectivity index (χ0n) is 15.1. The van der Waals surface area contributed by atoms with Gasteiger partial charge in [0.05, 0.1) is 35.8 Å². The van der Waals surface area contributed by atoms with Crippen molar-refractivity contribution in [3.8, 4) is 11.3 Å². The van der Waals surface area contributed by atoms with Crippen LogP contribution in [-0.4, -0.2) is 40.4 Å². The Balaban J connectivity index is 1.76. The number of rotatable bonds is 3. The Hall–Kier alpha value is -2.40. The number of aromatic nitrogens is 3. The number of aryl methyl sites for hydroxylation is 2. The van der Waals surface area contributed by atoms with Gasteiger partial charge in [-0.25, -0.2) is 9.50 Å². The Bertz CT molecular complexity index is 902. The molecule has 5 nitrogen and oxygen atoms in total. The van der Waals surface area contributed by atoms with Gasteiger partial charge in [-0.1, -0.05) is 19.1 Å². The fraction of sp³-hybridized carbons (Fsp3) is 0.400. The van der Waals surface area contributed by atoms with E-state index in [9.17, 15) is 0 Å². The molecule has 1 fully saturated rings. The summed E-state index contributed by atoms with van der Waals surface area (Å²) in [5.41, 5.74) is 7.03. The quantitative estimate of drug-likeness (QED) is 0.734. The first kappa shape index (κ1) is 16.1. The molecule has 1 aliphatic heterocycles. The minimum absolute atomic E-state index is 0.256. The molecule has 1 aliphatic rings. The zero-order chi connectivity index (χ0) is 17.4. The average Bonchev–Trinajstić information content (AvgIpc) is 3.06. The Labute approximate surface area is 148 Å². The van der Waals surface area contributed by atoms with E-state index in [4.69, 9.17) is 4.74 Å². The number of anilines is 1. The second kappa shape index (κ2) is 6.48. The third-order valence-corrected chi connectivity index (χ3v) is 4.99. The molecule has 0 amide bonds. The summed E-state index contributed by atoms with van der Waals surface area (Å²) >= 11 is 0. The number of morpholine rings is 1. The van der Waals surface area contributed by atoms with Crippen LogP contribution in [-0.2, 0) is 11.2 Å². The molecule has 1 aromatic carbocycles. The Kier molecular flexibility index (Phi) is 4.17.